The fourth-order valence-corrected chi connectivity index (χ4v) is 2.71. The lowest BCUT2D eigenvalue weighted by Gasteiger charge is -2.20. The molecule has 0 saturated carbocycles. The monoisotopic (exact) mass is 238 g/mol. The number of carboxylic acids is 1. The first-order chi connectivity index (χ1) is 7.00. The van der Waals surface area contributed by atoms with Gasteiger partial charge in [-0.1, -0.05) is 0 Å². The zero-order valence-corrected chi connectivity index (χ0v) is 9.61. The van der Waals surface area contributed by atoms with E-state index in [0.29, 0.717) is 6.29 Å². The van der Waals surface area contributed by atoms with Crippen LogP contribution in [0, 0.1) is 0 Å². The molecule has 7 heteroatoms. The molecule has 15 heavy (non-hydrogen) atoms. The number of carbonyl (C=O) groups is 2. The Hall–Kier alpha value is -0.710. The molecule has 0 aliphatic carbocycles. The molecule has 0 saturated heterocycles. The van der Waals surface area contributed by atoms with E-state index in [0.717, 1.165) is 0 Å². The summed E-state index contributed by atoms with van der Waals surface area (Å²) in [6.45, 7) is 3.38. The molecule has 0 spiro atoms. The molecule has 1 unspecified atom stereocenters. The quantitative estimate of drug-likeness (QED) is 0.506. The Morgan fingerprint density at radius 1 is 1.40 bits per heavy atom. The van der Waals surface area contributed by atoms with Gasteiger partial charge in [0, 0.05) is 0 Å². The highest BCUT2D eigenvalue weighted by Gasteiger charge is 2.36. The van der Waals surface area contributed by atoms with Gasteiger partial charge >= 0.3 is 13.6 Å². The largest absolute Gasteiger partial charge is 0.481 e. The number of aldehydes is 1. The summed E-state index contributed by atoms with van der Waals surface area (Å²) in [4.78, 5) is 21.1. The first kappa shape index (κ1) is 14.3. The minimum Gasteiger partial charge on any atom is -0.481 e. The SMILES string of the molecule is CCOP(=O)(OCC)C(C=O)CC(=O)O. The van der Waals surface area contributed by atoms with Gasteiger partial charge in [0.05, 0.1) is 19.6 Å². The minimum atomic E-state index is -3.63. The van der Waals surface area contributed by atoms with Crippen molar-refractivity contribution in [3.63, 3.8) is 0 Å². The fourth-order valence-electron chi connectivity index (χ4n) is 1.00. The van der Waals surface area contributed by atoms with Crippen molar-refractivity contribution in [3.05, 3.63) is 0 Å². The first-order valence-electron chi connectivity index (χ1n) is 4.56. The van der Waals surface area contributed by atoms with Crippen molar-refractivity contribution in [3.8, 4) is 0 Å². The topological polar surface area (TPSA) is 89.9 Å². The van der Waals surface area contributed by atoms with Crippen LogP contribution in [-0.4, -0.2) is 36.2 Å². The second-order valence-electron chi connectivity index (χ2n) is 2.68. The van der Waals surface area contributed by atoms with Crippen molar-refractivity contribution >= 4 is 19.9 Å². The third-order valence-electron chi connectivity index (χ3n) is 1.57. The highest BCUT2D eigenvalue weighted by molar-refractivity contribution is 7.55. The minimum absolute atomic E-state index is 0.0984. The molecule has 0 heterocycles. The lowest BCUT2D eigenvalue weighted by Crippen LogP contribution is -2.19. The molecule has 88 valence electrons. The van der Waals surface area contributed by atoms with Crippen molar-refractivity contribution in [1.82, 2.24) is 0 Å². The molecule has 0 aromatic rings. The molecular formula is C8H15O6P. The van der Waals surface area contributed by atoms with Gasteiger partial charge in [0.2, 0.25) is 0 Å². The smallest absolute Gasteiger partial charge is 0.341 e. The highest BCUT2D eigenvalue weighted by atomic mass is 31.2. The predicted octanol–water partition coefficient (Wildman–Crippen LogP) is 1.29. The molecular weight excluding hydrogens is 223 g/mol. The first-order valence-corrected chi connectivity index (χ1v) is 6.17. The summed E-state index contributed by atoms with van der Waals surface area (Å²) in [7, 11) is -3.63. The maximum absolute atomic E-state index is 11.9. The Morgan fingerprint density at radius 3 is 2.13 bits per heavy atom. The standard InChI is InChI=1S/C8H15O6P/c1-3-13-15(12,14-4-2)7(6-9)5-8(10)11/h6-7H,3-5H2,1-2H3,(H,10,11). The Bertz CT molecular complexity index is 254. The number of hydrogen-bond acceptors (Lipinski definition) is 5. The lowest BCUT2D eigenvalue weighted by molar-refractivity contribution is -0.137. The van der Waals surface area contributed by atoms with E-state index in [4.69, 9.17) is 14.2 Å². The Labute approximate surface area is 88.1 Å². The maximum atomic E-state index is 11.9. The van der Waals surface area contributed by atoms with E-state index in [1.807, 2.05) is 0 Å². The van der Waals surface area contributed by atoms with Gasteiger partial charge in [0.25, 0.3) is 0 Å². The molecule has 0 fully saturated rings. The average molecular weight is 238 g/mol. The number of carboxylic acid groups (broad SMARTS) is 1. The van der Waals surface area contributed by atoms with E-state index < -0.39 is 25.6 Å². The van der Waals surface area contributed by atoms with Gasteiger partial charge in [-0.2, -0.15) is 0 Å². The van der Waals surface area contributed by atoms with Gasteiger partial charge in [-0.15, -0.1) is 0 Å². The van der Waals surface area contributed by atoms with Crippen molar-refractivity contribution in [2.24, 2.45) is 0 Å². The Kier molecular flexibility index (Phi) is 6.40. The molecule has 0 rings (SSSR count). The zero-order valence-electron chi connectivity index (χ0n) is 8.71. The van der Waals surface area contributed by atoms with E-state index in [1.165, 1.54) is 0 Å². The third kappa shape index (κ3) is 4.55. The van der Waals surface area contributed by atoms with E-state index >= 15 is 0 Å². The summed E-state index contributed by atoms with van der Waals surface area (Å²) in [6, 6.07) is 0. The van der Waals surface area contributed by atoms with E-state index in [1.54, 1.807) is 13.8 Å². The molecule has 0 amide bonds. The number of hydrogen-bond donors (Lipinski definition) is 1. The highest BCUT2D eigenvalue weighted by Crippen LogP contribution is 2.53. The number of carbonyl (C=O) groups excluding carboxylic acids is 1. The van der Waals surface area contributed by atoms with Crippen LogP contribution >= 0.6 is 7.60 Å². The summed E-state index contributed by atoms with van der Waals surface area (Å²) >= 11 is 0. The lowest BCUT2D eigenvalue weighted by atomic mass is 10.3. The maximum Gasteiger partial charge on any atom is 0.341 e. The van der Waals surface area contributed by atoms with Gasteiger partial charge in [-0.05, 0) is 13.8 Å². The molecule has 0 aromatic carbocycles. The number of rotatable bonds is 8. The second-order valence-corrected chi connectivity index (χ2v) is 4.94. The Balaban J connectivity index is 4.75. The van der Waals surface area contributed by atoms with Gasteiger partial charge in [-0.3, -0.25) is 9.36 Å². The summed E-state index contributed by atoms with van der Waals surface area (Å²) in [5.74, 6) is -1.22. The van der Waals surface area contributed by atoms with Crippen LogP contribution in [0.3, 0.4) is 0 Å². The number of aliphatic carboxylic acids is 1. The molecule has 0 bridgehead atoms. The van der Waals surface area contributed by atoms with E-state index in [2.05, 4.69) is 0 Å². The molecule has 1 atom stereocenters. The van der Waals surface area contributed by atoms with Crippen LogP contribution < -0.4 is 0 Å². The normalized spacial score (nSPS) is 13.5. The fraction of sp³-hybridized carbons (Fsp3) is 0.750. The molecule has 0 aromatic heterocycles. The zero-order chi connectivity index (χ0) is 11.9. The predicted molar refractivity (Wildman–Crippen MR) is 53.0 cm³/mol. The second kappa shape index (κ2) is 6.71. The van der Waals surface area contributed by atoms with Crippen LogP contribution in [0.15, 0.2) is 0 Å². The van der Waals surface area contributed by atoms with E-state index in [-0.39, 0.29) is 13.2 Å². The molecule has 1 N–H and O–H groups in total. The van der Waals surface area contributed by atoms with Crippen LogP contribution in [0.25, 0.3) is 0 Å². The van der Waals surface area contributed by atoms with Crippen LogP contribution in [0.1, 0.15) is 20.3 Å². The van der Waals surface area contributed by atoms with Crippen molar-refractivity contribution in [2.45, 2.75) is 25.9 Å². The van der Waals surface area contributed by atoms with Gasteiger partial charge in [0.15, 0.2) is 0 Å². The van der Waals surface area contributed by atoms with Crippen molar-refractivity contribution in [1.29, 1.82) is 0 Å². The van der Waals surface area contributed by atoms with Crippen LogP contribution in [0.5, 0.6) is 0 Å². The summed E-state index contributed by atoms with van der Waals surface area (Å²) in [5, 5.41) is 8.52. The average Bonchev–Trinajstić information content (AvgIpc) is 2.14. The van der Waals surface area contributed by atoms with Gasteiger partial charge in [-0.25, -0.2) is 0 Å². The van der Waals surface area contributed by atoms with Crippen LogP contribution in [-0.2, 0) is 23.2 Å². The molecule has 0 aliphatic heterocycles. The van der Waals surface area contributed by atoms with Crippen molar-refractivity contribution in [2.75, 3.05) is 13.2 Å². The summed E-state index contributed by atoms with van der Waals surface area (Å²) in [6.07, 6.45) is -0.249. The molecule has 0 radical (unpaired) electrons. The van der Waals surface area contributed by atoms with Crippen molar-refractivity contribution < 1.29 is 28.3 Å². The van der Waals surface area contributed by atoms with Crippen LogP contribution in [0.2, 0.25) is 0 Å². The molecule has 6 nitrogen and oxygen atoms in total. The third-order valence-corrected chi connectivity index (χ3v) is 3.92. The Morgan fingerprint density at radius 2 is 1.87 bits per heavy atom. The molecule has 0 aliphatic rings. The van der Waals surface area contributed by atoms with Gasteiger partial charge < -0.3 is 18.9 Å². The van der Waals surface area contributed by atoms with E-state index in [9.17, 15) is 14.2 Å². The van der Waals surface area contributed by atoms with Gasteiger partial charge in [0.1, 0.15) is 11.9 Å². The summed E-state index contributed by atoms with van der Waals surface area (Å²) < 4.78 is 21.7. The van der Waals surface area contributed by atoms with Crippen LogP contribution in [0.4, 0.5) is 0 Å². The summed E-state index contributed by atoms with van der Waals surface area (Å²) in [5.41, 5.74) is -1.24.